The number of unbranched alkanes of at least 4 members (excludes halogenated alkanes) is 3. The third-order valence-corrected chi connectivity index (χ3v) is 3.17. The van der Waals surface area contributed by atoms with Gasteiger partial charge in [0.25, 0.3) is 0 Å². The van der Waals surface area contributed by atoms with E-state index in [2.05, 4.69) is 41.8 Å². The van der Waals surface area contributed by atoms with Crippen molar-refractivity contribution in [2.45, 2.75) is 59.4 Å². The van der Waals surface area contributed by atoms with Gasteiger partial charge in [0, 0.05) is 25.4 Å². The van der Waals surface area contributed by atoms with Crippen LogP contribution in [0.2, 0.25) is 0 Å². The second kappa shape index (κ2) is 9.15. The van der Waals surface area contributed by atoms with Gasteiger partial charge in [-0.05, 0) is 31.8 Å². The van der Waals surface area contributed by atoms with Crippen molar-refractivity contribution in [2.24, 2.45) is 5.92 Å². The zero-order valence-corrected chi connectivity index (χ0v) is 12.3. The van der Waals surface area contributed by atoms with Crippen molar-refractivity contribution >= 4 is 0 Å². The van der Waals surface area contributed by atoms with Crippen LogP contribution in [-0.4, -0.2) is 22.6 Å². The zero-order valence-electron chi connectivity index (χ0n) is 12.3. The first kappa shape index (κ1) is 15.2. The van der Waals surface area contributed by atoms with E-state index in [9.17, 15) is 0 Å². The normalized spacial score (nSPS) is 11.3. The largest absolute Gasteiger partial charge is 0.335 e. The maximum atomic E-state index is 4.34. The van der Waals surface area contributed by atoms with Crippen molar-refractivity contribution in [1.29, 1.82) is 0 Å². The summed E-state index contributed by atoms with van der Waals surface area (Å²) in [7, 11) is 0. The van der Waals surface area contributed by atoms with Gasteiger partial charge in [0.15, 0.2) is 0 Å². The summed E-state index contributed by atoms with van der Waals surface area (Å²) in [6.45, 7) is 10.1. The number of nitrogens with zero attached hydrogens (tertiary/aromatic N) is 2. The van der Waals surface area contributed by atoms with E-state index in [0.29, 0.717) is 0 Å². The molecule has 18 heavy (non-hydrogen) atoms. The molecule has 1 heterocycles. The number of aromatic nitrogens is 2. The summed E-state index contributed by atoms with van der Waals surface area (Å²) in [5, 5.41) is 3.49. The Bertz CT molecular complexity index is 304. The predicted octanol–water partition coefficient (Wildman–Crippen LogP) is 3.25. The smallest absolute Gasteiger partial charge is 0.108 e. The number of nitrogens with one attached hydrogen (secondary N) is 1. The van der Waals surface area contributed by atoms with Crippen LogP contribution in [0.5, 0.6) is 0 Å². The fourth-order valence-electron chi connectivity index (χ4n) is 2.13. The molecule has 1 rings (SSSR count). The molecule has 0 spiro atoms. The Morgan fingerprint density at radius 1 is 1.22 bits per heavy atom. The van der Waals surface area contributed by atoms with Gasteiger partial charge < -0.3 is 9.88 Å². The molecule has 3 heteroatoms. The predicted molar refractivity (Wildman–Crippen MR) is 77.8 cm³/mol. The minimum Gasteiger partial charge on any atom is -0.335 e. The molecule has 0 aliphatic carbocycles. The molecular weight excluding hydrogens is 222 g/mol. The SMILES string of the molecule is CCc1nccn1CCCCCCNCC(C)C. The van der Waals surface area contributed by atoms with Gasteiger partial charge in [0.05, 0.1) is 0 Å². The van der Waals surface area contributed by atoms with Crippen LogP contribution in [0.15, 0.2) is 12.4 Å². The van der Waals surface area contributed by atoms with Crippen LogP contribution in [0.4, 0.5) is 0 Å². The monoisotopic (exact) mass is 251 g/mol. The summed E-state index contributed by atoms with van der Waals surface area (Å²) in [5.41, 5.74) is 0. The van der Waals surface area contributed by atoms with Gasteiger partial charge >= 0.3 is 0 Å². The number of imidazole rings is 1. The molecule has 1 N–H and O–H groups in total. The Balaban J connectivity index is 1.96. The maximum Gasteiger partial charge on any atom is 0.108 e. The summed E-state index contributed by atoms with van der Waals surface area (Å²) >= 11 is 0. The molecule has 0 aliphatic heterocycles. The molecule has 0 aromatic carbocycles. The van der Waals surface area contributed by atoms with E-state index in [1.807, 2.05) is 6.20 Å². The Morgan fingerprint density at radius 3 is 2.72 bits per heavy atom. The molecule has 3 nitrogen and oxygen atoms in total. The van der Waals surface area contributed by atoms with Gasteiger partial charge in [0.2, 0.25) is 0 Å². The van der Waals surface area contributed by atoms with Crippen LogP contribution < -0.4 is 5.32 Å². The van der Waals surface area contributed by atoms with Gasteiger partial charge in [-0.2, -0.15) is 0 Å². The summed E-state index contributed by atoms with van der Waals surface area (Å²) in [6.07, 6.45) is 10.3. The van der Waals surface area contributed by atoms with Crippen molar-refractivity contribution in [1.82, 2.24) is 14.9 Å². The summed E-state index contributed by atoms with van der Waals surface area (Å²) < 4.78 is 2.29. The first-order chi connectivity index (χ1) is 8.74. The van der Waals surface area contributed by atoms with E-state index in [1.54, 1.807) is 0 Å². The fraction of sp³-hybridized carbons (Fsp3) is 0.800. The molecule has 0 radical (unpaired) electrons. The second-order valence-electron chi connectivity index (χ2n) is 5.40. The van der Waals surface area contributed by atoms with Crippen LogP contribution in [0.1, 0.15) is 52.3 Å². The standard InChI is InChI=1S/C15H29N3/c1-4-15-17-10-12-18(15)11-8-6-5-7-9-16-13-14(2)3/h10,12,14,16H,4-9,11,13H2,1-3H3. The summed E-state index contributed by atoms with van der Waals surface area (Å²) in [5.74, 6) is 1.98. The average Bonchev–Trinajstić information content (AvgIpc) is 2.79. The Kier molecular flexibility index (Phi) is 7.74. The molecular formula is C15H29N3. The lowest BCUT2D eigenvalue weighted by Gasteiger charge is -2.08. The first-order valence-electron chi connectivity index (χ1n) is 7.44. The molecule has 0 atom stereocenters. The molecule has 0 unspecified atom stereocenters. The molecule has 104 valence electrons. The fourth-order valence-corrected chi connectivity index (χ4v) is 2.13. The van der Waals surface area contributed by atoms with Crippen LogP contribution in [0.3, 0.4) is 0 Å². The van der Waals surface area contributed by atoms with Crippen molar-refractivity contribution in [3.05, 3.63) is 18.2 Å². The van der Waals surface area contributed by atoms with Crippen LogP contribution >= 0.6 is 0 Å². The van der Waals surface area contributed by atoms with Gasteiger partial charge in [0.1, 0.15) is 5.82 Å². The average molecular weight is 251 g/mol. The lowest BCUT2D eigenvalue weighted by atomic mass is 10.2. The van der Waals surface area contributed by atoms with E-state index in [-0.39, 0.29) is 0 Å². The van der Waals surface area contributed by atoms with Gasteiger partial charge in [-0.1, -0.05) is 33.6 Å². The highest BCUT2D eigenvalue weighted by atomic mass is 15.1. The van der Waals surface area contributed by atoms with Crippen LogP contribution in [-0.2, 0) is 13.0 Å². The van der Waals surface area contributed by atoms with E-state index < -0.39 is 0 Å². The third kappa shape index (κ3) is 6.20. The third-order valence-electron chi connectivity index (χ3n) is 3.17. The maximum absolute atomic E-state index is 4.34. The van der Waals surface area contributed by atoms with Gasteiger partial charge in [-0.25, -0.2) is 4.98 Å². The number of aryl methyl sites for hydroxylation is 2. The molecule has 0 fully saturated rings. The van der Waals surface area contributed by atoms with Gasteiger partial charge in [-0.3, -0.25) is 0 Å². The van der Waals surface area contributed by atoms with E-state index in [4.69, 9.17) is 0 Å². The van der Waals surface area contributed by atoms with Crippen molar-refractivity contribution < 1.29 is 0 Å². The molecule has 0 amide bonds. The summed E-state index contributed by atoms with van der Waals surface area (Å²) in [4.78, 5) is 4.34. The van der Waals surface area contributed by atoms with Gasteiger partial charge in [-0.15, -0.1) is 0 Å². The number of hydrogen-bond acceptors (Lipinski definition) is 2. The molecule has 0 saturated carbocycles. The molecule has 0 bridgehead atoms. The molecule has 1 aromatic rings. The zero-order chi connectivity index (χ0) is 13.2. The highest BCUT2D eigenvalue weighted by Crippen LogP contribution is 2.05. The van der Waals surface area contributed by atoms with E-state index in [1.165, 1.54) is 38.1 Å². The Labute approximate surface area is 112 Å². The topological polar surface area (TPSA) is 29.9 Å². The Morgan fingerprint density at radius 2 is 2.00 bits per heavy atom. The van der Waals surface area contributed by atoms with Crippen molar-refractivity contribution in [3.8, 4) is 0 Å². The minimum absolute atomic E-state index is 0.763. The minimum atomic E-state index is 0.763. The number of hydrogen-bond donors (Lipinski definition) is 1. The highest BCUT2D eigenvalue weighted by Gasteiger charge is 1.99. The quantitative estimate of drug-likeness (QED) is 0.647. The molecule has 1 aromatic heterocycles. The lowest BCUT2D eigenvalue weighted by molar-refractivity contribution is 0.513. The first-order valence-corrected chi connectivity index (χ1v) is 7.44. The van der Waals surface area contributed by atoms with E-state index in [0.717, 1.165) is 25.4 Å². The van der Waals surface area contributed by atoms with Crippen molar-refractivity contribution in [2.75, 3.05) is 13.1 Å². The highest BCUT2D eigenvalue weighted by molar-refractivity contribution is 4.91. The van der Waals surface area contributed by atoms with E-state index >= 15 is 0 Å². The van der Waals surface area contributed by atoms with Crippen molar-refractivity contribution in [3.63, 3.8) is 0 Å². The summed E-state index contributed by atoms with van der Waals surface area (Å²) in [6, 6.07) is 0. The Hall–Kier alpha value is -0.830. The second-order valence-corrected chi connectivity index (χ2v) is 5.40. The number of rotatable bonds is 10. The van der Waals surface area contributed by atoms with Crippen LogP contribution in [0, 0.1) is 5.92 Å². The molecule has 0 saturated heterocycles. The lowest BCUT2D eigenvalue weighted by Crippen LogP contribution is -2.20. The molecule has 0 aliphatic rings. The van der Waals surface area contributed by atoms with Crippen LogP contribution in [0.25, 0.3) is 0 Å².